The smallest absolute Gasteiger partial charge is 0.251 e. The maximum absolute atomic E-state index is 12.3. The van der Waals surface area contributed by atoms with Gasteiger partial charge in [0.15, 0.2) is 0 Å². The van der Waals surface area contributed by atoms with Crippen LogP contribution in [-0.2, 0) is 16.0 Å². The monoisotopic (exact) mass is 288 g/mol. The highest BCUT2D eigenvalue weighted by atomic mass is 16.5. The van der Waals surface area contributed by atoms with Crippen molar-refractivity contribution in [2.45, 2.75) is 25.4 Å². The third-order valence-electron chi connectivity index (χ3n) is 4.45. The highest BCUT2D eigenvalue weighted by molar-refractivity contribution is 5.81. The van der Waals surface area contributed by atoms with E-state index in [0.29, 0.717) is 0 Å². The van der Waals surface area contributed by atoms with Crippen LogP contribution in [0.1, 0.15) is 18.4 Å². The molecule has 1 aromatic rings. The van der Waals surface area contributed by atoms with Gasteiger partial charge in [0.2, 0.25) is 0 Å². The zero-order chi connectivity index (χ0) is 14.5. The third-order valence-corrected chi connectivity index (χ3v) is 4.45. The molecule has 2 fully saturated rings. The SMILES string of the molecule is O=C(C1CCCO1)N1CCN(CCc2ccccc2)CC1. The zero-order valence-electron chi connectivity index (χ0n) is 12.5. The van der Waals surface area contributed by atoms with Crippen LogP contribution < -0.4 is 0 Å². The summed E-state index contributed by atoms with van der Waals surface area (Å²) >= 11 is 0. The van der Waals surface area contributed by atoms with Gasteiger partial charge in [-0.15, -0.1) is 0 Å². The van der Waals surface area contributed by atoms with Crippen molar-refractivity contribution in [3.63, 3.8) is 0 Å². The van der Waals surface area contributed by atoms with Crippen LogP contribution in [0.25, 0.3) is 0 Å². The molecule has 2 aliphatic rings. The van der Waals surface area contributed by atoms with Crippen LogP contribution in [-0.4, -0.2) is 61.1 Å². The van der Waals surface area contributed by atoms with E-state index < -0.39 is 0 Å². The lowest BCUT2D eigenvalue weighted by atomic mass is 10.1. The summed E-state index contributed by atoms with van der Waals surface area (Å²) in [5.41, 5.74) is 1.38. The number of hydrogen-bond donors (Lipinski definition) is 0. The molecule has 4 nitrogen and oxygen atoms in total. The van der Waals surface area contributed by atoms with Gasteiger partial charge in [-0.3, -0.25) is 9.69 Å². The van der Waals surface area contributed by atoms with Gasteiger partial charge in [0.25, 0.3) is 5.91 Å². The van der Waals surface area contributed by atoms with E-state index in [1.807, 2.05) is 4.90 Å². The molecule has 2 aliphatic heterocycles. The second-order valence-electron chi connectivity index (χ2n) is 5.90. The molecule has 0 spiro atoms. The minimum absolute atomic E-state index is 0.166. The summed E-state index contributed by atoms with van der Waals surface area (Å²) in [5.74, 6) is 0.204. The lowest BCUT2D eigenvalue weighted by Gasteiger charge is -2.35. The Morgan fingerprint density at radius 2 is 1.90 bits per heavy atom. The molecule has 1 aromatic carbocycles. The Kier molecular flexibility index (Phi) is 4.88. The van der Waals surface area contributed by atoms with Crippen molar-refractivity contribution >= 4 is 5.91 Å². The minimum atomic E-state index is -0.166. The average Bonchev–Trinajstić information content (AvgIpc) is 3.08. The molecule has 2 heterocycles. The molecule has 114 valence electrons. The summed E-state index contributed by atoms with van der Waals surface area (Å²) in [6, 6.07) is 10.6. The number of benzene rings is 1. The number of piperazine rings is 1. The van der Waals surface area contributed by atoms with Crippen LogP contribution in [0.15, 0.2) is 30.3 Å². The number of ether oxygens (including phenoxy) is 1. The molecule has 2 saturated heterocycles. The van der Waals surface area contributed by atoms with Gasteiger partial charge in [0, 0.05) is 39.3 Å². The van der Waals surface area contributed by atoms with Crippen molar-refractivity contribution in [2.24, 2.45) is 0 Å². The van der Waals surface area contributed by atoms with Crippen LogP contribution in [0.5, 0.6) is 0 Å². The van der Waals surface area contributed by atoms with E-state index in [9.17, 15) is 4.79 Å². The molecule has 0 aromatic heterocycles. The summed E-state index contributed by atoms with van der Waals surface area (Å²) in [7, 11) is 0. The number of carbonyl (C=O) groups excluding carboxylic acids is 1. The van der Waals surface area contributed by atoms with E-state index in [-0.39, 0.29) is 12.0 Å². The molecule has 21 heavy (non-hydrogen) atoms. The van der Waals surface area contributed by atoms with Crippen molar-refractivity contribution in [1.29, 1.82) is 0 Å². The first-order valence-electron chi connectivity index (χ1n) is 7.99. The lowest BCUT2D eigenvalue weighted by molar-refractivity contribution is -0.142. The number of rotatable bonds is 4. The predicted molar refractivity (Wildman–Crippen MR) is 82.1 cm³/mol. The van der Waals surface area contributed by atoms with Gasteiger partial charge in [0.05, 0.1) is 0 Å². The molecule has 1 atom stereocenters. The number of carbonyl (C=O) groups is 1. The summed E-state index contributed by atoms with van der Waals surface area (Å²) in [4.78, 5) is 16.7. The van der Waals surface area contributed by atoms with Gasteiger partial charge in [-0.2, -0.15) is 0 Å². The summed E-state index contributed by atoms with van der Waals surface area (Å²) < 4.78 is 5.50. The molecular weight excluding hydrogens is 264 g/mol. The molecule has 3 rings (SSSR count). The molecule has 0 radical (unpaired) electrons. The first-order valence-corrected chi connectivity index (χ1v) is 7.99. The van der Waals surface area contributed by atoms with Crippen LogP contribution in [0.3, 0.4) is 0 Å². The van der Waals surface area contributed by atoms with Gasteiger partial charge in [-0.1, -0.05) is 30.3 Å². The predicted octanol–water partition coefficient (Wildman–Crippen LogP) is 1.55. The lowest BCUT2D eigenvalue weighted by Crippen LogP contribution is -2.51. The first kappa shape index (κ1) is 14.5. The van der Waals surface area contributed by atoms with Crippen LogP contribution in [0.4, 0.5) is 0 Å². The Hall–Kier alpha value is -1.39. The Bertz CT molecular complexity index is 449. The third kappa shape index (κ3) is 3.83. The largest absolute Gasteiger partial charge is 0.368 e. The molecule has 4 heteroatoms. The molecule has 1 unspecified atom stereocenters. The zero-order valence-corrected chi connectivity index (χ0v) is 12.5. The van der Waals surface area contributed by atoms with E-state index in [4.69, 9.17) is 4.74 Å². The fourth-order valence-corrected chi connectivity index (χ4v) is 3.10. The number of amides is 1. The minimum Gasteiger partial charge on any atom is -0.368 e. The first-order chi connectivity index (χ1) is 10.3. The van der Waals surface area contributed by atoms with Crippen molar-refractivity contribution in [2.75, 3.05) is 39.3 Å². The molecule has 0 N–H and O–H groups in total. The molecular formula is C17H24N2O2. The molecule has 1 amide bonds. The van der Waals surface area contributed by atoms with Gasteiger partial charge < -0.3 is 9.64 Å². The highest BCUT2D eigenvalue weighted by Gasteiger charge is 2.30. The number of nitrogens with zero attached hydrogens (tertiary/aromatic N) is 2. The van der Waals surface area contributed by atoms with Gasteiger partial charge in [-0.05, 0) is 24.8 Å². The van der Waals surface area contributed by atoms with Crippen molar-refractivity contribution in [3.8, 4) is 0 Å². The van der Waals surface area contributed by atoms with Crippen LogP contribution >= 0.6 is 0 Å². The van der Waals surface area contributed by atoms with E-state index in [0.717, 1.165) is 58.6 Å². The maximum atomic E-state index is 12.3. The van der Waals surface area contributed by atoms with Crippen molar-refractivity contribution in [3.05, 3.63) is 35.9 Å². The Morgan fingerprint density at radius 1 is 1.14 bits per heavy atom. The van der Waals surface area contributed by atoms with Crippen molar-refractivity contribution in [1.82, 2.24) is 9.80 Å². The maximum Gasteiger partial charge on any atom is 0.251 e. The van der Waals surface area contributed by atoms with Gasteiger partial charge in [-0.25, -0.2) is 0 Å². The van der Waals surface area contributed by atoms with E-state index in [1.54, 1.807) is 0 Å². The van der Waals surface area contributed by atoms with E-state index >= 15 is 0 Å². The molecule has 0 saturated carbocycles. The Balaban J connectivity index is 1.41. The van der Waals surface area contributed by atoms with Gasteiger partial charge in [0.1, 0.15) is 6.10 Å². The van der Waals surface area contributed by atoms with Crippen LogP contribution in [0, 0.1) is 0 Å². The van der Waals surface area contributed by atoms with E-state index in [2.05, 4.69) is 35.2 Å². The van der Waals surface area contributed by atoms with Gasteiger partial charge >= 0.3 is 0 Å². The quantitative estimate of drug-likeness (QED) is 0.843. The fourth-order valence-electron chi connectivity index (χ4n) is 3.10. The topological polar surface area (TPSA) is 32.8 Å². The summed E-state index contributed by atoms with van der Waals surface area (Å²) in [6.07, 6.45) is 2.84. The molecule has 0 bridgehead atoms. The normalized spacial score (nSPS) is 23.4. The number of hydrogen-bond acceptors (Lipinski definition) is 3. The standard InChI is InChI=1S/C17H24N2O2/c20-17(16-7-4-14-21-16)19-12-10-18(11-13-19)9-8-15-5-2-1-3-6-15/h1-3,5-6,16H,4,7-14H2. The second kappa shape index (κ2) is 7.05. The fraction of sp³-hybridized carbons (Fsp3) is 0.588. The van der Waals surface area contributed by atoms with E-state index in [1.165, 1.54) is 5.56 Å². The van der Waals surface area contributed by atoms with Crippen LogP contribution in [0.2, 0.25) is 0 Å². The molecule has 0 aliphatic carbocycles. The average molecular weight is 288 g/mol. The Labute approximate surface area is 126 Å². The summed E-state index contributed by atoms with van der Waals surface area (Å²) in [6.45, 7) is 5.46. The second-order valence-corrected chi connectivity index (χ2v) is 5.90. The Morgan fingerprint density at radius 3 is 2.57 bits per heavy atom. The summed E-state index contributed by atoms with van der Waals surface area (Å²) in [5, 5.41) is 0. The highest BCUT2D eigenvalue weighted by Crippen LogP contribution is 2.16. The van der Waals surface area contributed by atoms with Crippen molar-refractivity contribution < 1.29 is 9.53 Å².